The van der Waals surface area contributed by atoms with Crippen LogP contribution in [-0.2, 0) is 0 Å². The molecule has 15 heavy (non-hydrogen) atoms. The summed E-state index contributed by atoms with van der Waals surface area (Å²) in [4.78, 5) is 0. The van der Waals surface area contributed by atoms with Crippen molar-refractivity contribution in [3.05, 3.63) is 0 Å². The summed E-state index contributed by atoms with van der Waals surface area (Å²) in [5, 5.41) is 19.3. The van der Waals surface area contributed by atoms with Crippen molar-refractivity contribution in [2.24, 2.45) is 0 Å². The molecule has 0 aromatic carbocycles. The van der Waals surface area contributed by atoms with Crippen molar-refractivity contribution in [3.63, 3.8) is 0 Å². The smallest absolute Gasteiger partial charge is 0.216 e. The van der Waals surface area contributed by atoms with Crippen molar-refractivity contribution in [2.75, 3.05) is 28.8 Å². The fraction of sp³-hybridized carbons (Fsp3) is 0.200. The monoisotopic (exact) mass is 212 g/mol. The van der Waals surface area contributed by atoms with Gasteiger partial charge in [-0.15, -0.1) is 0 Å². The molecular formula is C5H8N8O2. The third-order valence-electron chi connectivity index (χ3n) is 1.54. The van der Waals surface area contributed by atoms with Gasteiger partial charge in [-0.2, -0.15) is 0 Å². The summed E-state index contributed by atoms with van der Waals surface area (Å²) in [5.74, 6) is 1.00. The van der Waals surface area contributed by atoms with E-state index in [4.69, 9.17) is 11.5 Å². The van der Waals surface area contributed by atoms with Crippen LogP contribution in [0.5, 0.6) is 0 Å². The minimum Gasteiger partial charge on any atom is -0.378 e. The van der Waals surface area contributed by atoms with Crippen LogP contribution in [0.3, 0.4) is 0 Å². The lowest BCUT2D eigenvalue weighted by Gasteiger charge is -2.02. The molecule has 10 nitrogen and oxygen atoms in total. The van der Waals surface area contributed by atoms with E-state index in [-0.39, 0.29) is 18.3 Å². The Balaban J connectivity index is 1.86. The first kappa shape index (κ1) is 9.05. The molecule has 0 amide bonds. The topological polar surface area (TPSA) is 154 Å². The van der Waals surface area contributed by atoms with E-state index in [9.17, 15) is 0 Å². The zero-order valence-corrected chi connectivity index (χ0v) is 7.47. The van der Waals surface area contributed by atoms with Crippen LogP contribution in [-0.4, -0.2) is 27.3 Å². The van der Waals surface area contributed by atoms with Gasteiger partial charge in [0.2, 0.25) is 23.3 Å². The van der Waals surface area contributed by atoms with E-state index in [1.165, 1.54) is 0 Å². The minimum atomic E-state index is 0.169. The lowest BCUT2D eigenvalue weighted by Crippen LogP contribution is -2.14. The Bertz CT molecular complexity index is 395. The normalized spacial score (nSPS) is 10.1. The van der Waals surface area contributed by atoms with E-state index >= 15 is 0 Å². The zero-order chi connectivity index (χ0) is 10.7. The maximum atomic E-state index is 5.40. The maximum absolute atomic E-state index is 5.40. The minimum absolute atomic E-state index is 0.169. The predicted octanol–water partition coefficient (Wildman–Crippen LogP) is -0.902. The van der Waals surface area contributed by atoms with E-state index in [0.29, 0.717) is 11.6 Å². The molecular weight excluding hydrogens is 204 g/mol. The Morgan fingerprint density at radius 3 is 1.67 bits per heavy atom. The van der Waals surface area contributed by atoms with Crippen LogP contribution >= 0.6 is 0 Å². The summed E-state index contributed by atoms with van der Waals surface area (Å²) in [6.07, 6.45) is 0. The molecule has 2 aromatic rings. The number of rotatable bonds is 4. The van der Waals surface area contributed by atoms with Crippen molar-refractivity contribution in [3.8, 4) is 0 Å². The summed E-state index contributed by atoms with van der Waals surface area (Å²) in [6.45, 7) is 0.275. The molecule has 0 aliphatic rings. The van der Waals surface area contributed by atoms with Gasteiger partial charge in [-0.1, -0.05) is 0 Å². The van der Waals surface area contributed by atoms with Crippen LogP contribution in [0.1, 0.15) is 0 Å². The standard InChI is InChI=1S/C5H8N8O2/c6-2-4(12-14-10-2)8-1-9-5-3(7)11-15-13-5/h1H2,(H2,6,10)(H2,7,11)(H,8,12)(H,9,13). The van der Waals surface area contributed by atoms with Crippen molar-refractivity contribution in [1.29, 1.82) is 0 Å². The van der Waals surface area contributed by atoms with Gasteiger partial charge < -0.3 is 22.1 Å². The second-order valence-electron chi connectivity index (χ2n) is 2.53. The van der Waals surface area contributed by atoms with Crippen LogP contribution in [0.25, 0.3) is 0 Å². The molecule has 2 rings (SSSR count). The first-order chi connectivity index (χ1) is 7.27. The number of anilines is 4. The van der Waals surface area contributed by atoms with Gasteiger partial charge in [0.25, 0.3) is 0 Å². The maximum Gasteiger partial charge on any atom is 0.216 e. The van der Waals surface area contributed by atoms with Gasteiger partial charge in [0, 0.05) is 0 Å². The Kier molecular flexibility index (Phi) is 2.23. The number of nitrogens with one attached hydrogen (secondary N) is 2. The molecule has 0 atom stereocenters. The third-order valence-corrected chi connectivity index (χ3v) is 1.54. The van der Waals surface area contributed by atoms with E-state index in [2.05, 4.69) is 40.5 Å². The number of hydrogen-bond donors (Lipinski definition) is 4. The lowest BCUT2D eigenvalue weighted by atomic mass is 10.6. The highest BCUT2D eigenvalue weighted by Crippen LogP contribution is 2.12. The molecule has 2 heterocycles. The SMILES string of the molecule is Nc1nonc1NCNc1nonc1N. The summed E-state index contributed by atoms with van der Waals surface area (Å²) in [6, 6.07) is 0. The first-order valence-electron chi connectivity index (χ1n) is 3.91. The molecule has 0 aliphatic carbocycles. The van der Waals surface area contributed by atoms with Crippen molar-refractivity contribution in [2.45, 2.75) is 0 Å². The average molecular weight is 212 g/mol. The molecule has 0 fully saturated rings. The largest absolute Gasteiger partial charge is 0.378 e. The average Bonchev–Trinajstić information content (AvgIpc) is 2.78. The Morgan fingerprint density at radius 1 is 0.867 bits per heavy atom. The summed E-state index contributed by atoms with van der Waals surface area (Å²) in [7, 11) is 0. The van der Waals surface area contributed by atoms with Gasteiger partial charge in [-0.25, -0.2) is 9.26 Å². The first-order valence-corrected chi connectivity index (χ1v) is 3.91. The summed E-state index contributed by atoms with van der Waals surface area (Å²) in [5.41, 5.74) is 10.8. The van der Waals surface area contributed by atoms with Gasteiger partial charge in [0.05, 0.1) is 6.67 Å². The van der Waals surface area contributed by atoms with Gasteiger partial charge in [0.1, 0.15) is 0 Å². The molecule has 0 aliphatic heterocycles. The summed E-state index contributed by atoms with van der Waals surface area (Å²) < 4.78 is 8.74. The van der Waals surface area contributed by atoms with Crippen molar-refractivity contribution < 1.29 is 9.26 Å². The van der Waals surface area contributed by atoms with Gasteiger partial charge >= 0.3 is 0 Å². The summed E-state index contributed by atoms with van der Waals surface area (Å²) >= 11 is 0. The van der Waals surface area contributed by atoms with E-state index in [1.807, 2.05) is 0 Å². The molecule has 0 saturated heterocycles. The molecule has 80 valence electrons. The second kappa shape index (κ2) is 3.69. The highest BCUT2D eigenvalue weighted by molar-refractivity contribution is 5.57. The van der Waals surface area contributed by atoms with Crippen LogP contribution < -0.4 is 22.1 Å². The Labute approximate surface area is 82.9 Å². The van der Waals surface area contributed by atoms with E-state index in [0.717, 1.165) is 0 Å². The predicted molar refractivity (Wildman–Crippen MR) is 49.5 cm³/mol. The molecule has 0 unspecified atom stereocenters. The Hall–Kier alpha value is -2.52. The third kappa shape index (κ3) is 1.87. The number of nitrogens with zero attached hydrogens (tertiary/aromatic N) is 4. The van der Waals surface area contributed by atoms with E-state index < -0.39 is 0 Å². The van der Waals surface area contributed by atoms with Gasteiger partial charge in [-0.05, 0) is 20.6 Å². The fourth-order valence-electron chi connectivity index (χ4n) is 0.848. The molecule has 0 bridgehead atoms. The molecule has 0 saturated carbocycles. The number of hydrogen-bond acceptors (Lipinski definition) is 10. The lowest BCUT2D eigenvalue weighted by molar-refractivity contribution is 0.310. The van der Waals surface area contributed by atoms with Crippen LogP contribution in [0.15, 0.2) is 9.26 Å². The number of nitrogen functional groups attached to an aromatic ring is 2. The Morgan fingerprint density at radius 2 is 1.33 bits per heavy atom. The fourth-order valence-corrected chi connectivity index (χ4v) is 0.848. The molecule has 10 heteroatoms. The molecule has 0 spiro atoms. The van der Waals surface area contributed by atoms with Gasteiger partial charge in [0.15, 0.2) is 0 Å². The highest BCUT2D eigenvalue weighted by atomic mass is 16.6. The zero-order valence-electron chi connectivity index (χ0n) is 7.47. The number of aromatic nitrogens is 4. The second-order valence-corrected chi connectivity index (χ2v) is 2.53. The van der Waals surface area contributed by atoms with Crippen LogP contribution in [0, 0.1) is 0 Å². The molecule has 2 aromatic heterocycles. The van der Waals surface area contributed by atoms with E-state index in [1.54, 1.807) is 0 Å². The number of nitrogens with two attached hydrogens (primary N) is 2. The van der Waals surface area contributed by atoms with Crippen molar-refractivity contribution in [1.82, 2.24) is 20.6 Å². The van der Waals surface area contributed by atoms with Crippen molar-refractivity contribution >= 4 is 23.3 Å². The molecule has 0 radical (unpaired) electrons. The van der Waals surface area contributed by atoms with Crippen LogP contribution in [0.4, 0.5) is 23.3 Å². The highest BCUT2D eigenvalue weighted by Gasteiger charge is 2.06. The van der Waals surface area contributed by atoms with Crippen LogP contribution in [0.2, 0.25) is 0 Å². The van der Waals surface area contributed by atoms with Gasteiger partial charge in [-0.3, -0.25) is 0 Å². The molecule has 6 N–H and O–H groups in total. The quantitative estimate of drug-likeness (QED) is 0.468.